The molecule has 0 unspecified atom stereocenters. The number of halogens is 2. The predicted molar refractivity (Wildman–Crippen MR) is 135 cm³/mol. The number of nitrogens with zero attached hydrogens (tertiary/aromatic N) is 3. The lowest BCUT2D eigenvalue weighted by Gasteiger charge is -2.28. The molecule has 0 atom stereocenters. The van der Waals surface area contributed by atoms with Crippen LogP contribution < -0.4 is 20.9 Å². The molecule has 170 valence electrons. The average Bonchev–Trinajstić information content (AvgIpc) is 2.82. The van der Waals surface area contributed by atoms with Gasteiger partial charge in [-0.25, -0.2) is 9.97 Å². The van der Waals surface area contributed by atoms with Crippen LogP contribution in [-0.4, -0.2) is 40.9 Å². The summed E-state index contributed by atoms with van der Waals surface area (Å²) in [6.07, 6.45) is 3.79. The van der Waals surface area contributed by atoms with Crippen molar-refractivity contribution in [1.29, 1.82) is 0 Å². The molecule has 0 aliphatic carbocycles. The number of rotatable bonds is 5. The number of hydrogen-bond acceptors (Lipinski definition) is 7. The van der Waals surface area contributed by atoms with Crippen molar-refractivity contribution < 1.29 is 4.79 Å². The maximum atomic E-state index is 13.1. The molecule has 7 nitrogen and oxygen atoms in total. The first-order valence-corrected chi connectivity index (χ1v) is 12.4. The summed E-state index contributed by atoms with van der Waals surface area (Å²) in [6, 6.07) is 13.8. The van der Waals surface area contributed by atoms with Gasteiger partial charge in [0.25, 0.3) is 5.91 Å². The van der Waals surface area contributed by atoms with Crippen LogP contribution in [0.1, 0.15) is 23.2 Å². The normalized spacial score (nSPS) is 16.4. The second-order valence-corrected chi connectivity index (χ2v) is 9.61. The number of para-hydroxylation sites is 1. The van der Waals surface area contributed by atoms with Crippen LogP contribution in [-0.2, 0) is 0 Å². The molecular weight excluding hydrogens is 479 g/mol. The number of amides is 1. The Kier molecular flexibility index (Phi) is 6.59. The Labute approximate surface area is 206 Å². The number of carbonyl (C=O) groups is 1. The fourth-order valence-electron chi connectivity index (χ4n) is 3.91. The van der Waals surface area contributed by atoms with E-state index in [0.717, 1.165) is 37.3 Å². The Bertz CT molecular complexity index is 1150. The summed E-state index contributed by atoms with van der Waals surface area (Å²) in [5, 5.41) is 11.7. The van der Waals surface area contributed by atoms with E-state index in [4.69, 9.17) is 23.2 Å². The fraction of sp³-hybridized carbons (Fsp3) is 0.261. The van der Waals surface area contributed by atoms with Crippen LogP contribution in [0.4, 0.5) is 23.0 Å². The van der Waals surface area contributed by atoms with Crippen LogP contribution in [0.15, 0.2) is 53.7 Å². The molecule has 2 aliphatic rings. The summed E-state index contributed by atoms with van der Waals surface area (Å²) in [5.74, 6) is 0.582. The zero-order valence-corrected chi connectivity index (χ0v) is 20.0. The number of hydrogen-bond donors (Lipinski definition) is 3. The predicted octanol–water partition coefficient (Wildman–Crippen LogP) is 5.40. The zero-order chi connectivity index (χ0) is 22.8. The smallest absolute Gasteiger partial charge is 0.263 e. The van der Waals surface area contributed by atoms with Crippen molar-refractivity contribution in [1.82, 2.24) is 15.3 Å². The van der Waals surface area contributed by atoms with Crippen LogP contribution >= 0.6 is 35.0 Å². The van der Waals surface area contributed by atoms with Crippen molar-refractivity contribution >= 4 is 63.9 Å². The minimum absolute atomic E-state index is 0.223. The lowest BCUT2D eigenvalue weighted by Crippen LogP contribution is -2.35. The summed E-state index contributed by atoms with van der Waals surface area (Å²) < 4.78 is 0. The number of carbonyl (C=O) groups excluding carboxylic acids is 1. The van der Waals surface area contributed by atoms with Crippen molar-refractivity contribution in [2.45, 2.75) is 23.9 Å². The number of benzene rings is 2. The second-order valence-electron chi connectivity index (χ2n) is 7.86. The van der Waals surface area contributed by atoms with Gasteiger partial charge in [-0.2, -0.15) is 0 Å². The number of nitrogens with one attached hydrogen (secondary N) is 3. The maximum absolute atomic E-state index is 13.1. The third-order valence-electron chi connectivity index (χ3n) is 5.62. The van der Waals surface area contributed by atoms with Crippen molar-refractivity contribution in [2.75, 3.05) is 34.5 Å². The molecule has 1 saturated heterocycles. The summed E-state index contributed by atoms with van der Waals surface area (Å²) in [5.41, 5.74) is 2.90. The first-order chi connectivity index (χ1) is 16.1. The molecule has 1 amide bonds. The van der Waals surface area contributed by atoms with Gasteiger partial charge in [-0.3, -0.25) is 9.69 Å². The van der Waals surface area contributed by atoms with Crippen LogP contribution in [0.2, 0.25) is 10.0 Å². The average molecular weight is 501 g/mol. The van der Waals surface area contributed by atoms with Gasteiger partial charge in [-0.05, 0) is 62.3 Å². The molecule has 3 N–H and O–H groups in total. The van der Waals surface area contributed by atoms with Crippen molar-refractivity contribution in [3.8, 4) is 0 Å². The van der Waals surface area contributed by atoms with E-state index < -0.39 is 0 Å². The number of aromatic nitrogens is 2. The van der Waals surface area contributed by atoms with E-state index in [0.29, 0.717) is 44.2 Å². The Balaban J connectivity index is 1.28. The summed E-state index contributed by atoms with van der Waals surface area (Å²) in [4.78, 5) is 23.5. The number of piperidine rings is 1. The number of thioether (sulfide) groups is 1. The van der Waals surface area contributed by atoms with E-state index in [1.165, 1.54) is 11.8 Å². The highest BCUT2D eigenvalue weighted by Crippen LogP contribution is 2.39. The highest BCUT2D eigenvalue weighted by molar-refractivity contribution is 7.99. The summed E-state index contributed by atoms with van der Waals surface area (Å²) in [7, 11) is 0. The molecular formula is C23H22Cl2N6OS. The standard InChI is InChI=1S/C23H22Cl2N6OS/c24-18-2-1-3-19(25)20(18)31-13-33-21-17(22(31)32)12-27-23(30-21)29-15-6-4-14(5-7-15)28-16-8-10-26-11-9-16/h1-7,12,16,26,28H,8-11,13H2,(H,27,29,30). The molecule has 5 rings (SSSR count). The van der Waals surface area contributed by atoms with Crippen LogP contribution in [0.25, 0.3) is 0 Å². The zero-order valence-electron chi connectivity index (χ0n) is 17.6. The van der Waals surface area contributed by atoms with Gasteiger partial charge in [0.1, 0.15) is 5.03 Å². The number of fused-ring (bicyclic) bond motifs is 1. The van der Waals surface area contributed by atoms with Crippen molar-refractivity contribution in [3.05, 3.63) is 64.3 Å². The third kappa shape index (κ3) is 4.89. The first kappa shape index (κ1) is 22.3. The van der Waals surface area contributed by atoms with E-state index in [1.54, 1.807) is 29.3 Å². The van der Waals surface area contributed by atoms with Gasteiger partial charge in [0, 0.05) is 23.6 Å². The van der Waals surface area contributed by atoms with E-state index in [-0.39, 0.29) is 5.91 Å². The monoisotopic (exact) mass is 500 g/mol. The molecule has 1 aromatic heterocycles. The van der Waals surface area contributed by atoms with Crippen LogP contribution in [0.3, 0.4) is 0 Å². The molecule has 1 fully saturated rings. The largest absolute Gasteiger partial charge is 0.382 e. The Morgan fingerprint density at radius 2 is 1.73 bits per heavy atom. The molecule has 0 spiro atoms. The lowest BCUT2D eigenvalue weighted by molar-refractivity contribution is 0.0985. The van der Waals surface area contributed by atoms with Crippen LogP contribution in [0.5, 0.6) is 0 Å². The maximum Gasteiger partial charge on any atom is 0.263 e. The molecule has 10 heteroatoms. The Morgan fingerprint density at radius 1 is 1.03 bits per heavy atom. The van der Waals surface area contributed by atoms with Gasteiger partial charge in [-0.15, -0.1) is 0 Å². The molecule has 0 bridgehead atoms. The molecule has 3 heterocycles. The fourth-order valence-corrected chi connectivity index (χ4v) is 5.45. The molecule has 2 aliphatic heterocycles. The SMILES string of the molecule is O=C1c2cnc(Nc3ccc(NC4CCNCC4)cc3)nc2SCN1c1c(Cl)cccc1Cl. The molecule has 2 aromatic carbocycles. The van der Waals surface area contributed by atoms with Gasteiger partial charge >= 0.3 is 0 Å². The van der Waals surface area contributed by atoms with Gasteiger partial charge < -0.3 is 16.0 Å². The van der Waals surface area contributed by atoms with Gasteiger partial charge in [0.2, 0.25) is 5.95 Å². The van der Waals surface area contributed by atoms with Crippen LogP contribution in [0, 0.1) is 0 Å². The molecule has 0 radical (unpaired) electrons. The molecule has 3 aromatic rings. The quantitative estimate of drug-likeness (QED) is 0.404. The summed E-state index contributed by atoms with van der Waals surface area (Å²) in [6.45, 7) is 2.10. The molecule has 33 heavy (non-hydrogen) atoms. The first-order valence-electron chi connectivity index (χ1n) is 10.7. The van der Waals surface area contributed by atoms with E-state index in [2.05, 4.69) is 25.9 Å². The summed E-state index contributed by atoms with van der Waals surface area (Å²) >= 11 is 14.0. The third-order valence-corrected chi connectivity index (χ3v) is 7.20. The van der Waals surface area contributed by atoms with E-state index >= 15 is 0 Å². The molecule has 0 saturated carbocycles. The van der Waals surface area contributed by atoms with Gasteiger partial charge in [0.15, 0.2) is 0 Å². The van der Waals surface area contributed by atoms with E-state index in [1.807, 2.05) is 24.3 Å². The Morgan fingerprint density at radius 3 is 2.45 bits per heavy atom. The van der Waals surface area contributed by atoms with Gasteiger partial charge in [-0.1, -0.05) is 41.0 Å². The minimum atomic E-state index is -0.223. The highest BCUT2D eigenvalue weighted by atomic mass is 35.5. The second kappa shape index (κ2) is 9.77. The number of anilines is 4. The Hall–Kier alpha value is -2.52. The highest BCUT2D eigenvalue weighted by Gasteiger charge is 2.30. The van der Waals surface area contributed by atoms with Crippen molar-refractivity contribution in [2.24, 2.45) is 0 Å². The lowest BCUT2D eigenvalue weighted by atomic mass is 10.1. The van der Waals surface area contributed by atoms with Crippen molar-refractivity contribution in [3.63, 3.8) is 0 Å². The minimum Gasteiger partial charge on any atom is -0.382 e. The van der Waals surface area contributed by atoms with Gasteiger partial charge in [0.05, 0.1) is 27.2 Å². The topological polar surface area (TPSA) is 82.2 Å². The van der Waals surface area contributed by atoms with E-state index in [9.17, 15) is 4.79 Å².